The molecule has 1 heterocycles. The van der Waals surface area contributed by atoms with Gasteiger partial charge in [-0.15, -0.1) is 0 Å². The van der Waals surface area contributed by atoms with Gasteiger partial charge in [-0.3, -0.25) is 9.78 Å². The first-order valence-electron chi connectivity index (χ1n) is 12.3. The first-order valence-corrected chi connectivity index (χ1v) is 12.3. The zero-order valence-electron chi connectivity index (χ0n) is 23.5. The fraction of sp³-hybridized carbons (Fsp3) is 0.267. The number of carbonyl (C=O) groups is 1. The number of aromatic nitrogens is 1. The number of ether oxygens (including phenoxy) is 7. The van der Waals surface area contributed by atoms with Gasteiger partial charge >= 0.3 is 0 Å². The van der Waals surface area contributed by atoms with Crippen LogP contribution < -0.4 is 38.5 Å². The Morgan fingerprint density at radius 3 is 1.80 bits per heavy atom. The number of fused-ring (bicyclic) bond motifs is 1. The molecule has 1 N–H and O–H groups in total. The SMILES string of the molecule is COc1ccc([C@H](NC(=O)c2cc(OC)c(OC)c(OC)c2)c2nccc3cc(OC)c(OC)cc23)cc1OC. The van der Waals surface area contributed by atoms with E-state index in [1.807, 2.05) is 24.3 Å². The van der Waals surface area contributed by atoms with Gasteiger partial charge in [-0.2, -0.15) is 0 Å². The van der Waals surface area contributed by atoms with Crippen LogP contribution in [-0.2, 0) is 0 Å². The lowest BCUT2D eigenvalue weighted by Gasteiger charge is -2.23. The molecule has 1 atom stereocenters. The van der Waals surface area contributed by atoms with Gasteiger partial charge in [0.1, 0.15) is 0 Å². The second-order valence-corrected chi connectivity index (χ2v) is 8.56. The zero-order valence-corrected chi connectivity index (χ0v) is 23.5. The molecule has 4 aromatic rings. The molecule has 0 fully saturated rings. The van der Waals surface area contributed by atoms with Crippen molar-refractivity contribution >= 4 is 16.7 Å². The molecule has 10 nitrogen and oxygen atoms in total. The summed E-state index contributed by atoms with van der Waals surface area (Å²) in [7, 11) is 10.8. The highest BCUT2D eigenvalue weighted by atomic mass is 16.5. The maximum absolute atomic E-state index is 13.8. The quantitative estimate of drug-likeness (QED) is 0.282. The van der Waals surface area contributed by atoms with Crippen LogP contribution in [0.25, 0.3) is 10.8 Å². The third-order valence-corrected chi connectivity index (χ3v) is 6.52. The van der Waals surface area contributed by atoms with Crippen molar-refractivity contribution < 1.29 is 38.0 Å². The van der Waals surface area contributed by atoms with E-state index in [1.165, 1.54) is 21.3 Å². The largest absolute Gasteiger partial charge is 0.493 e. The molecule has 0 radical (unpaired) electrons. The summed E-state index contributed by atoms with van der Waals surface area (Å²) < 4.78 is 38.3. The normalized spacial score (nSPS) is 11.4. The van der Waals surface area contributed by atoms with E-state index in [1.54, 1.807) is 58.9 Å². The van der Waals surface area contributed by atoms with Crippen LogP contribution >= 0.6 is 0 Å². The Kier molecular flexibility index (Phi) is 8.68. The highest BCUT2D eigenvalue weighted by Crippen LogP contribution is 2.40. The van der Waals surface area contributed by atoms with Crippen molar-refractivity contribution in [2.45, 2.75) is 6.04 Å². The van der Waals surface area contributed by atoms with E-state index in [9.17, 15) is 4.79 Å². The van der Waals surface area contributed by atoms with Crippen LogP contribution in [0, 0.1) is 0 Å². The minimum atomic E-state index is -0.701. The van der Waals surface area contributed by atoms with Crippen LogP contribution in [0.2, 0.25) is 0 Å². The molecule has 0 aliphatic heterocycles. The number of rotatable bonds is 11. The second-order valence-electron chi connectivity index (χ2n) is 8.56. The highest BCUT2D eigenvalue weighted by Gasteiger charge is 2.25. The third kappa shape index (κ3) is 5.33. The van der Waals surface area contributed by atoms with Gasteiger partial charge in [0, 0.05) is 17.1 Å². The van der Waals surface area contributed by atoms with Crippen LogP contribution in [-0.4, -0.2) is 60.7 Å². The van der Waals surface area contributed by atoms with E-state index in [-0.39, 0.29) is 0 Å². The number of nitrogens with zero attached hydrogens (tertiary/aromatic N) is 1. The van der Waals surface area contributed by atoms with Crippen molar-refractivity contribution in [1.29, 1.82) is 0 Å². The summed E-state index contributed by atoms with van der Waals surface area (Å²) in [5.41, 5.74) is 1.61. The van der Waals surface area contributed by atoms with E-state index in [2.05, 4.69) is 5.32 Å². The predicted molar refractivity (Wildman–Crippen MR) is 150 cm³/mol. The van der Waals surface area contributed by atoms with Gasteiger partial charge in [-0.25, -0.2) is 0 Å². The number of benzene rings is 3. The summed E-state index contributed by atoms with van der Waals surface area (Å²) in [5, 5.41) is 4.76. The summed E-state index contributed by atoms with van der Waals surface area (Å²) in [5.74, 6) is 2.88. The molecule has 0 spiro atoms. The third-order valence-electron chi connectivity index (χ3n) is 6.52. The number of amides is 1. The molecule has 1 amide bonds. The molecule has 0 bridgehead atoms. The molecule has 0 aliphatic carbocycles. The van der Waals surface area contributed by atoms with Crippen LogP contribution in [0.5, 0.6) is 40.2 Å². The van der Waals surface area contributed by atoms with E-state index in [0.29, 0.717) is 57.1 Å². The molecular weight excluding hydrogens is 516 g/mol. The fourth-order valence-electron chi connectivity index (χ4n) is 4.52. The predicted octanol–water partition coefficient (Wildman–Crippen LogP) is 4.81. The van der Waals surface area contributed by atoms with E-state index in [4.69, 9.17) is 38.1 Å². The fourth-order valence-corrected chi connectivity index (χ4v) is 4.52. The molecule has 40 heavy (non-hydrogen) atoms. The lowest BCUT2D eigenvalue weighted by molar-refractivity contribution is 0.0941. The van der Waals surface area contributed by atoms with Crippen LogP contribution in [0.4, 0.5) is 0 Å². The molecule has 0 unspecified atom stereocenters. The second kappa shape index (κ2) is 12.3. The van der Waals surface area contributed by atoms with Gasteiger partial charge in [0.2, 0.25) is 5.75 Å². The van der Waals surface area contributed by atoms with Gasteiger partial charge in [0.05, 0.1) is 61.5 Å². The molecule has 0 saturated carbocycles. The standard InChI is InChI=1S/C30H32N2O8/c1-34-21-9-8-18(13-22(21)35-2)27(28-20-16-24(37-4)23(36-3)12-17(20)10-11-31-28)32-30(33)19-14-25(38-5)29(40-7)26(15-19)39-6/h8-16,27H,1-7H3,(H,32,33)/t27-/m0/s1. The summed E-state index contributed by atoms with van der Waals surface area (Å²) in [4.78, 5) is 18.5. The summed E-state index contributed by atoms with van der Waals surface area (Å²) in [6, 6.07) is 13.5. The van der Waals surface area contributed by atoms with Gasteiger partial charge < -0.3 is 38.5 Å². The molecule has 0 saturated heterocycles. The van der Waals surface area contributed by atoms with Crippen LogP contribution in [0.3, 0.4) is 0 Å². The number of nitrogens with one attached hydrogen (secondary N) is 1. The minimum Gasteiger partial charge on any atom is -0.493 e. The molecular formula is C30H32N2O8. The Balaban J connectivity index is 1.90. The van der Waals surface area contributed by atoms with Crippen molar-refractivity contribution in [3.8, 4) is 40.2 Å². The number of hydrogen-bond acceptors (Lipinski definition) is 9. The molecule has 0 aliphatic rings. The van der Waals surface area contributed by atoms with Crippen molar-refractivity contribution in [3.63, 3.8) is 0 Å². The number of carbonyl (C=O) groups excluding carboxylic acids is 1. The summed E-state index contributed by atoms with van der Waals surface area (Å²) in [6.07, 6.45) is 1.68. The first-order chi connectivity index (χ1) is 19.4. The molecule has 210 valence electrons. The maximum Gasteiger partial charge on any atom is 0.252 e. The van der Waals surface area contributed by atoms with Gasteiger partial charge in [-0.1, -0.05) is 6.07 Å². The lowest BCUT2D eigenvalue weighted by Crippen LogP contribution is -2.30. The Morgan fingerprint density at radius 1 is 0.650 bits per heavy atom. The number of hydrogen-bond donors (Lipinski definition) is 1. The van der Waals surface area contributed by atoms with Crippen molar-refractivity contribution in [1.82, 2.24) is 10.3 Å². The Morgan fingerprint density at radius 2 is 1.23 bits per heavy atom. The van der Waals surface area contributed by atoms with Crippen LogP contribution in [0.1, 0.15) is 27.7 Å². The summed E-state index contributed by atoms with van der Waals surface area (Å²) in [6.45, 7) is 0. The molecule has 4 rings (SSSR count). The van der Waals surface area contributed by atoms with Crippen molar-refractivity contribution in [2.24, 2.45) is 0 Å². The monoisotopic (exact) mass is 548 g/mol. The van der Waals surface area contributed by atoms with Crippen LogP contribution in [0.15, 0.2) is 54.7 Å². The Labute approximate surface area is 232 Å². The average Bonchev–Trinajstić information content (AvgIpc) is 3.01. The average molecular weight is 549 g/mol. The Bertz CT molecular complexity index is 1500. The van der Waals surface area contributed by atoms with E-state index >= 15 is 0 Å². The maximum atomic E-state index is 13.8. The molecule has 3 aromatic carbocycles. The van der Waals surface area contributed by atoms with Gasteiger partial charge in [0.15, 0.2) is 34.5 Å². The topological polar surface area (TPSA) is 107 Å². The number of pyridine rings is 1. The minimum absolute atomic E-state index is 0.305. The zero-order chi connectivity index (χ0) is 28.8. The number of methoxy groups -OCH3 is 7. The first kappa shape index (κ1) is 28.2. The highest BCUT2D eigenvalue weighted by molar-refractivity contribution is 5.97. The van der Waals surface area contributed by atoms with E-state index in [0.717, 1.165) is 10.8 Å². The van der Waals surface area contributed by atoms with E-state index < -0.39 is 11.9 Å². The lowest BCUT2D eigenvalue weighted by atomic mass is 9.97. The van der Waals surface area contributed by atoms with Gasteiger partial charge in [-0.05, 0) is 53.4 Å². The van der Waals surface area contributed by atoms with Crippen molar-refractivity contribution in [2.75, 3.05) is 49.8 Å². The molecule has 1 aromatic heterocycles. The smallest absolute Gasteiger partial charge is 0.252 e. The van der Waals surface area contributed by atoms with Crippen molar-refractivity contribution in [3.05, 3.63) is 71.5 Å². The molecule has 10 heteroatoms. The summed E-state index contributed by atoms with van der Waals surface area (Å²) >= 11 is 0. The Hall–Kier alpha value is -4.86. The van der Waals surface area contributed by atoms with Gasteiger partial charge in [0.25, 0.3) is 5.91 Å².